The summed E-state index contributed by atoms with van der Waals surface area (Å²) in [6, 6.07) is -1.05. The molecule has 10 heteroatoms. The molecule has 0 rings (SSSR count). The Morgan fingerprint density at radius 3 is 1.23 bits per heavy atom. The number of rotatable bonds is 56. The number of aliphatic hydroxyl groups excluding tert-OH is 2. The first-order chi connectivity index (χ1) is 36.4. The fourth-order valence-electron chi connectivity index (χ4n) is 8.85. The normalized spacial score (nSPS) is 14.8. The topological polar surface area (TPSA) is 125 Å². The molecule has 4 N–H and O–H groups in total. The van der Waals surface area contributed by atoms with E-state index in [1.807, 2.05) is 21.1 Å². The lowest BCUT2D eigenvalue weighted by atomic mass is 10.0. The quantitative estimate of drug-likeness (QED) is 0.0207. The fourth-order valence-corrected chi connectivity index (χ4v) is 9.59. The van der Waals surface area contributed by atoms with Gasteiger partial charge in [0.05, 0.1) is 39.9 Å². The van der Waals surface area contributed by atoms with E-state index >= 15 is 0 Å². The highest BCUT2D eigenvalue weighted by Gasteiger charge is 2.32. The minimum Gasteiger partial charge on any atom is -0.390 e. The van der Waals surface area contributed by atoms with Crippen LogP contribution in [0.2, 0.25) is 0 Å². The number of nitrogens with one attached hydrogen (secondary N) is 1. The summed E-state index contributed by atoms with van der Waals surface area (Å²) in [6.07, 6.45) is 74.2. The number of hydrogen-bond donors (Lipinski definition) is 4. The maximum atomic E-state index is 13.0. The van der Waals surface area contributed by atoms with E-state index in [1.165, 1.54) is 161 Å². The molecule has 1 amide bonds. The summed E-state index contributed by atoms with van der Waals surface area (Å²) in [6.45, 7) is 4.47. The van der Waals surface area contributed by atoms with Crippen molar-refractivity contribution >= 4 is 13.7 Å². The van der Waals surface area contributed by atoms with Crippen LogP contribution in [0, 0.1) is 0 Å². The highest BCUT2D eigenvalue weighted by atomic mass is 31.2. The molecule has 0 aromatic carbocycles. The number of carbonyl (C=O) groups is 1. The molecule has 436 valence electrons. The van der Waals surface area contributed by atoms with Gasteiger partial charge in [0.25, 0.3) is 0 Å². The third-order valence-corrected chi connectivity index (χ3v) is 14.7. The maximum absolute atomic E-state index is 13.0. The van der Waals surface area contributed by atoms with Crippen LogP contribution in [0.1, 0.15) is 264 Å². The van der Waals surface area contributed by atoms with Crippen molar-refractivity contribution < 1.29 is 38.0 Å². The van der Waals surface area contributed by atoms with Crippen LogP contribution < -0.4 is 5.32 Å². The zero-order valence-corrected chi connectivity index (χ0v) is 50.3. The molecule has 0 aliphatic heterocycles. The van der Waals surface area contributed by atoms with Crippen molar-refractivity contribution in [2.24, 2.45) is 0 Å². The average Bonchev–Trinajstić information content (AvgIpc) is 3.37. The predicted octanol–water partition coefficient (Wildman–Crippen LogP) is 18.2. The maximum Gasteiger partial charge on any atom is 0.472 e. The molecule has 0 radical (unpaired) electrons. The van der Waals surface area contributed by atoms with E-state index in [1.54, 1.807) is 0 Å². The van der Waals surface area contributed by atoms with Gasteiger partial charge in [-0.25, -0.2) is 4.57 Å². The van der Waals surface area contributed by atoms with E-state index in [0.717, 1.165) is 70.6 Å². The molecule has 0 aromatic rings. The Morgan fingerprint density at radius 1 is 0.480 bits per heavy atom. The van der Waals surface area contributed by atoms with Gasteiger partial charge in [-0.1, -0.05) is 253 Å². The van der Waals surface area contributed by atoms with Gasteiger partial charge in [0, 0.05) is 6.42 Å². The second kappa shape index (κ2) is 55.0. The number of carbonyl (C=O) groups excluding carboxylic acids is 1. The van der Waals surface area contributed by atoms with Crippen LogP contribution in [0.3, 0.4) is 0 Å². The van der Waals surface area contributed by atoms with Gasteiger partial charge in [0.15, 0.2) is 0 Å². The summed E-state index contributed by atoms with van der Waals surface area (Å²) < 4.78 is 23.6. The van der Waals surface area contributed by atoms with Crippen LogP contribution in [-0.2, 0) is 18.4 Å². The molecule has 0 fully saturated rings. The van der Waals surface area contributed by atoms with Gasteiger partial charge in [-0.15, -0.1) is 0 Å². The molecular weight excluding hydrogens is 952 g/mol. The number of allylic oxidation sites excluding steroid dienone is 14. The molecule has 0 aliphatic carbocycles. The van der Waals surface area contributed by atoms with Gasteiger partial charge in [0.1, 0.15) is 19.3 Å². The van der Waals surface area contributed by atoms with Gasteiger partial charge >= 0.3 is 7.82 Å². The Kier molecular flexibility index (Phi) is 53.2. The zero-order valence-electron chi connectivity index (χ0n) is 49.4. The molecule has 0 aliphatic rings. The van der Waals surface area contributed by atoms with Gasteiger partial charge in [-0.2, -0.15) is 0 Å². The summed E-state index contributed by atoms with van der Waals surface area (Å²) in [5.41, 5.74) is 0. The average molecular weight is 1070 g/mol. The molecule has 0 bridgehead atoms. The Hall–Kier alpha value is -2.36. The number of hydrogen-bond acceptors (Lipinski definition) is 6. The lowest BCUT2D eigenvalue weighted by Crippen LogP contribution is -2.51. The number of aliphatic hydroxyl groups is 2. The smallest absolute Gasteiger partial charge is 0.390 e. The zero-order chi connectivity index (χ0) is 55.0. The van der Waals surface area contributed by atoms with Crippen molar-refractivity contribution in [2.45, 2.75) is 283 Å². The van der Waals surface area contributed by atoms with Gasteiger partial charge in [0.2, 0.25) is 5.91 Å². The third-order valence-electron chi connectivity index (χ3n) is 13.7. The Morgan fingerprint density at radius 2 is 0.827 bits per heavy atom. The SMILES string of the molecule is CC/C=C\C/C=C\C/C=C\C/C=C\C/C=C\C/C=C\CCCCCCCCCCCCCCCCCCCCCCC(=O)NC(COP(=O)(O)OCC[N+](C)(C)C)C(O)C(O)CCC/C=C/CCCCCCCCC. The Labute approximate surface area is 463 Å². The van der Waals surface area contributed by atoms with Crippen LogP contribution in [0.5, 0.6) is 0 Å². The molecule has 0 spiro atoms. The van der Waals surface area contributed by atoms with Gasteiger partial charge in [-0.05, 0) is 89.9 Å². The van der Waals surface area contributed by atoms with E-state index in [2.05, 4.69) is 104 Å². The Balaban J connectivity index is 4.00. The van der Waals surface area contributed by atoms with Crippen LogP contribution in [-0.4, -0.2) is 84.6 Å². The predicted molar refractivity (Wildman–Crippen MR) is 324 cm³/mol. The minimum atomic E-state index is -4.43. The van der Waals surface area contributed by atoms with Crippen LogP contribution in [0.4, 0.5) is 0 Å². The third kappa shape index (κ3) is 56.2. The lowest BCUT2D eigenvalue weighted by molar-refractivity contribution is -0.870. The summed E-state index contributed by atoms with van der Waals surface area (Å²) in [4.78, 5) is 23.3. The van der Waals surface area contributed by atoms with E-state index in [0.29, 0.717) is 23.9 Å². The first-order valence-electron chi connectivity index (χ1n) is 31.0. The van der Waals surface area contributed by atoms with E-state index in [-0.39, 0.29) is 18.9 Å². The first-order valence-corrected chi connectivity index (χ1v) is 32.5. The van der Waals surface area contributed by atoms with Crippen molar-refractivity contribution in [2.75, 3.05) is 40.9 Å². The molecule has 9 nitrogen and oxygen atoms in total. The number of quaternary nitrogens is 1. The fraction of sp³-hybridized carbons (Fsp3) is 0.769. The molecule has 4 atom stereocenters. The summed E-state index contributed by atoms with van der Waals surface area (Å²) in [5, 5.41) is 24.8. The van der Waals surface area contributed by atoms with Crippen molar-refractivity contribution in [3.8, 4) is 0 Å². The number of phosphoric ester groups is 1. The first kappa shape index (κ1) is 72.6. The van der Waals surface area contributed by atoms with Crippen LogP contribution in [0.15, 0.2) is 85.1 Å². The van der Waals surface area contributed by atoms with Crippen molar-refractivity contribution in [1.82, 2.24) is 5.32 Å². The van der Waals surface area contributed by atoms with Crippen molar-refractivity contribution in [3.05, 3.63) is 85.1 Å². The molecule has 0 aromatic heterocycles. The number of nitrogens with zero attached hydrogens (tertiary/aromatic N) is 1. The molecule has 0 heterocycles. The highest BCUT2D eigenvalue weighted by molar-refractivity contribution is 7.47. The van der Waals surface area contributed by atoms with Crippen LogP contribution >= 0.6 is 7.82 Å². The number of phosphoric acid groups is 1. The number of unbranched alkanes of at least 4 members (excludes halogenated alkanes) is 28. The largest absolute Gasteiger partial charge is 0.472 e. The van der Waals surface area contributed by atoms with Gasteiger partial charge < -0.3 is 24.9 Å². The van der Waals surface area contributed by atoms with E-state index < -0.39 is 32.7 Å². The molecule has 75 heavy (non-hydrogen) atoms. The van der Waals surface area contributed by atoms with Crippen molar-refractivity contribution in [3.63, 3.8) is 0 Å². The highest BCUT2D eigenvalue weighted by Crippen LogP contribution is 2.43. The van der Waals surface area contributed by atoms with Crippen molar-refractivity contribution in [1.29, 1.82) is 0 Å². The lowest BCUT2D eigenvalue weighted by Gasteiger charge is -2.28. The molecule has 0 saturated carbocycles. The standard InChI is InChI=1S/C65H119N2O7P/c1-6-8-10-12-14-16-18-20-21-22-23-24-25-26-27-28-29-30-31-32-33-34-35-36-37-38-39-40-41-42-43-44-45-46-48-50-52-54-56-58-64(69)66-62(61-74-75(71,72)73-60-59-67(3,4)5)65(70)63(68)57-55-53-51-49-47-19-17-15-13-11-9-7-2/h8,10,14,16,20-21,23-24,26-27,29-30,49,51,62-63,65,68,70H,6-7,9,11-13,15,17-19,22,25,28,31-48,50,52-61H2,1-5H3,(H-,66,69,71,72)/p+1/b10-8-,16-14-,21-20-,24-23-,27-26-,30-29-,51-49+. The van der Waals surface area contributed by atoms with Gasteiger partial charge in [-0.3, -0.25) is 13.8 Å². The van der Waals surface area contributed by atoms with E-state index in [9.17, 15) is 24.5 Å². The Bertz CT molecular complexity index is 1510. The second-order valence-electron chi connectivity index (χ2n) is 22.2. The number of likely N-dealkylation sites (N-methyl/N-ethyl adjacent to an activating group) is 1. The monoisotopic (exact) mass is 1070 g/mol. The minimum absolute atomic E-state index is 0.0154. The molecule has 0 saturated heterocycles. The van der Waals surface area contributed by atoms with E-state index in [4.69, 9.17) is 9.05 Å². The molecule has 4 unspecified atom stereocenters. The summed E-state index contributed by atoms with van der Waals surface area (Å²) in [7, 11) is 1.42. The number of amides is 1. The summed E-state index contributed by atoms with van der Waals surface area (Å²) >= 11 is 0. The molecular formula is C65H120N2O7P+. The summed E-state index contributed by atoms with van der Waals surface area (Å²) in [5.74, 6) is -0.267. The second-order valence-corrected chi connectivity index (χ2v) is 23.6. The van der Waals surface area contributed by atoms with Crippen LogP contribution in [0.25, 0.3) is 0 Å².